The summed E-state index contributed by atoms with van der Waals surface area (Å²) < 4.78 is 25.2. The van der Waals surface area contributed by atoms with Crippen molar-refractivity contribution in [1.82, 2.24) is 0 Å². The van der Waals surface area contributed by atoms with Gasteiger partial charge in [-0.05, 0) is 25.5 Å². The molecule has 0 fully saturated rings. The van der Waals surface area contributed by atoms with E-state index >= 15 is 0 Å². The van der Waals surface area contributed by atoms with Gasteiger partial charge >= 0.3 is 0 Å². The highest BCUT2D eigenvalue weighted by Gasteiger charge is 2.11. The Labute approximate surface area is 79.8 Å². The third-order valence-electron chi connectivity index (χ3n) is 1.30. The average Bonchev–Trinajstić information content (AvgIpc) is 1.98. The molecule has 0 rings (SSSR count). The van der Waals surface area contributed by atoms with Crippen LogP contribution in [0.2, 0.25) is 0 Å². The van der Waals surface area contributed by atoms with Crippen molar-refractivity contribution in [2.45, 2.75) is 20.3 Å². The van der Waals surface area contributed by atoms with Crippen LogP contribution in [0.5, 0.6) is 0 Å². The molecular weight excluding hydrogens is 226 g/mol. The predicted octanol–water partition coefficient (Wildman–Crippen LogP) is 4.05. The Bertz CT molecular complexity index is 227. The first-order valence-electron chi connectivity index (χ1n) is 3.46. The number of hydrogen-bond donors (Lipinski definition) is 0. The van der Waals surface area contributed by atoms with Crippen molar-refractivity contribution in [1.29, 1.82) is 0 Å². The summed E-state index contributed by atoms with van der Waals surface area (Å²) in [4.78, 5) is 0. The second-order valence-corrected chi connectivity index (χ2v) is 3.27. The van der Waals surface area contributed by atoms with Gasteiger partial charge in [0.25, 0.3) is 6.43 Å². The molecule has 68 valence electrons. The second kappa shape index (κ2) is 5.25. The molecule has 0 atom stereocenters. The quantitative estimate of drug-likeness (QED) is 0.649. The van der Waals surface area contributed by atoms with Crippen LogP contribution in [0, 0.1) is 0 Å². The summed E-state index contributed by atoms with van der Waals surface area (Å²) in [6, 6.07) is 0. The Balaban J connectivity index is 4.74. The fraction of sp³-hybridized carbons (Fsp3) is 0.333. The molecule has 0 radical (unpaired) electrons. The van der Waals surface area contributed by atoms with Gasteiger partial charge in [-0.25, -0.2) is 8.78 Å². The zero-order chi connectivity index (χ0) is 9.72. The lowest BCUT2D eigenvalue weighted by Gasteiger charge is -2.04. The largest absolute Gasteiger partial charge is 0.264 e. The van der Waals surface area contributed by atoms with Crippen LogP contribution >= 0.6 is 15.9 Å². The van der Waals surface area contributed by atoms with Gasteiger partial charge in [0, 0.05) is 10.1 Å². The molecule has 0 saturated heterocycles. The molecule has 0 N–H and O–H groups in total. The standard InChI is InChI=1S/C9H11BrF2/c1-4-7(10)5-8(6(2)3)9(11)12/h4-5,9H,2H2,1,3H3/b7-4+,8-5+. The van der Waals surface area contributed by atoms with Crippen molar-refractivity contribution in [3.05, 3.63) is 34.4 Å². The van der Waals surface area contributed by atoms with E-state index in [0.717, 1.165) is 0 Å². The van der Waals surface area contributed by atoms with Gasteiger partial charge in [0.2, 0.25) is 0 Å². The molecule has 12 heavy (non-hydrogen) atoms. The summed E-state index contributed by atoms with van der Waals surface area (Å²) in [5, 5.41) is 0. The van der Waals surface area contributed by atoms with Crippen LogP contribution in [0.3, 0.4) is 0 Å². The minimum atomic E-state index is -2.46. The smallest absolute Gasteiger partial charge is 0.205 e. The van der Waals surface area contributed by atoms with Crippen LogP contribution in [-0.2, 0) is 0 Å². The van der Waals surface area contributed by atoms with Gasteiger partial charge in [0.1, 0.15) is 0 Å². The van der Waals surface area contributed by atoms with Crippen LogP contribution in [0.1, 0.15) is 13.8 Å². The van der Waals surface area contributed by atoms with Gasteiger partial charge in [-0.3, -0.25) is 0 Å². The number of hydrogen-bond acceptors (Lipinski definition) is 0. The van der Waals surface area contributed by atoms with Crippen LogP contribution < -0.4 is 0 Å². The van der Waals surface area contributed by atoms with Crippen LogP contribution in [0.25, 0.3) is 0 Å². The zero-order valence-corrected chi connectivity index (χ0v) is 8.66. The zero-order valence-electron chi connectivity index (χ0n) is 7.07. The molecule has 0 bridgehead atoms. The van der Waals surface area contributed by atoms with Gasteiger partial charge in [0.15, 0.2) is 0 Å². The molecule has 0 saturated carbocycles. The van der Waals surface area contributed by atoms with Crippen molar-refractivity contribution in [2.75, 3.05) is 0 Å². The molecule has 0 aliphatic rings. The van der Waals surface area contributed by atoms with E-state index in [-0.39, 0.29) is 5.57 Å². The molecule has 0 aromatic heterocycles. The molecule has 0 aromatic rings. The molecule has 3 heteroatoms. The molecule has 0 nitrogen and oxygen atoms in total. The Morgan fingerprint density at radius 2 is 2.00 bits per heavy atom. The van der Waals surface area contributed by atoms with Gasteiger partial charge in [-0.2, -0.15) is 0 Å². The number of allylic oxidation sites excluding steroid dienone is 5. The average molecular weight is 237 g/mol. The molecule has 0 spiro atoms. The predicted molar refractivity (Wildman–Crippen MR) is 51.6 cm³/mol. The number of alkyl halides is 2. The molecule has 0 heterocycles. The molecule has 0 aliphatic carbocycles. The fourth-order valence-corrected chi connectivity index (χ4v) is 0.851. The van der Waals surface area contributed by atoms with Gasteiger partial charge in [-0.1, -0.05) is 28.6 Å². The maximum atomic E-state index is 12.3. The van der Waals surface area contributed by atoms with E-state index in [1.165, 1.54) is 6.08 Å². The van der Waals surface area contributed by atoms with Gasteiger partial charge in [-0.15, -0.1) is 0 Å². The Hall–Kier alpha value is -0.440. The normalized spacial score (nSPS) is 13.8. The Morgan fingerprint density at radius 3 is 2.25 bits per heavy atom. The van der Waals surface area contributed by atoms with Gasteiger partial charge < -0.3 is 0 Å². The lowest BCUT2D eigenvalue weighted by molar-refractivity contribution is 0.192. The first-order valence-corrected chi connectivity index (χ1v) is 4.25. The second-order valence-electron chi connectivity index (χ2n) is 2.35. The van der Waals surface area contributed by atoms with E-state index in [4.69, 9.17) is 0 Å². The van der Waals surface area contributed by atoms with Gasteiger partial charge in [0.05, 0.1) is 0 Å². The topological polar surface area (TPSA) is 0 Å². The van der Waals surface area contributed by atoms with Crippen molar-refractivity contribution in [2.24, 2.45) is 0 Å². The van der Waals surface area contributed by atoms with Crippen LogP contribution in [0.15, 0.2) is 34.4 Å². The summed E-state index contributed by atoms with van der Waals surface area (Å²) in [5.41, 5.74) is 0.365. The third-order valence-corrected chi connectivity index (χ3v) is 1.98. The molecule has 0 unspecified atom stereocenters. The highest BCUT2D eigenvalue weighted by Crippen LogP contribution is 2.20. The summed E-state index contributed by atoms with van der Waals surface area (Å²) in [5.74, 6) is 0. The maximum absolute atomic E-state index is 12.3. The highest BCUT2D eigenvalue weighted by molar-refractivity contribution is 9.11. The maximum Gasteiger partial charge on any atom is 0.264 e. The van der Waals surface area contributed by atoms with E-state index in [1.807, 2.05) is 0 Å². The van der Waals surface area contributed by atoms with E-state index in [2.05, 4.69) is 22.5 Å². The SMILES string of the molecule is C=C(C)/C(=C\C(Br)=C/C)C(F)F. The van der Waals surface area contributed by atoms with E-state index in [1.54, 1.807) is 19.9 Å². The summed E-state index contributed by atoms with van der Waals surface area (Å²) in [6.07, 6.45) is 0.619. The number of rotatable bonds is 3. The molecule has 0 aromatic carbocycles. The fourth-order valence-electron chi connectivity index (χ4n) is 0.604. The first-order chi connectivity index (χ1) is 5.49. The lowest BCUT2D eigenvalue weighted by Crippen LogP contribution is -1.97. The first kappa shape index (κ1) is 11.6. The van der Waals surface area contributed by atoms with E-state index in [0.29, 0.717) is 10.1 Å². The lowest BCUT2D eigenvalue weighted by atomic mass is 10.1. The van der Waals surface area contributed by atoms with Crippen molar-refractivity contribution in [3.63, 3.8) is 0 Å². The summed E-state index contributed by atoms with van der Waals surface area (Å²) in [6.45, 7) is 6.80. The van der Waals surface area contributed by atoms with E-state index < -0.39 is 6.43 Å². The summed E-state index contributed by atoms with van der Waals surface area (Å²) in [7, 11) is 0. The minimum absolute atomic E-state index is 0.0278. The van der Waals surface area contributed by atoms with Crippen molar-refractivity contribution < 1.29 is 8.78 Å². The highest BCUT2D eigenvalue weighted by atomic mass is 79.9. The van der Waals surface area contributed by atoms with E-state index in [9.17, 15) is 8.78 Å². The Kier molecular flexibility index (Phi) is 5.06. The molecule has 0 amide bonds. The minimum Gasteiger partial charge on any atom is -0.205 e. The van der Waals surface area contributed by atoms with Crippen molar-refractivity contribution in [3.8, 4) is 0 Å². The van der Waals surface area contributed by atoms with Crippen molar-refractivity contribution >= 4 is 15.9 Å². The molecular formula is C9H11BrF2. The summed E-state index contributed by atoms with van der Waals surface area (Å²) >= 11 is 3.12. The third kappa shape index (κ3) is 3.81. The monoisotopic (exact) mass is 236 g/mol. The van der Waals surface area contributed by atoms with Crippen LogP contribution in [-0.4, -0.2) is 6.43 Å². The van der Waals surface area contributed by atoms with Crippen LogP contribution in [0.4, 0.5) is 8.78 Å². The number of halogens is 3. The Morgan fingerprint density at radius 1 is 1.50 bits per heavy atom. The molecule has 0 aliphatic heterocycles.